The first-order chi connectivity index (χ1) is 10.1. The van der Waals surface area contributed by atoms with Crippen molar-refractivity contribution in [3.63, 3.8) is 0 Å². The van der Waals surface area contributed by atoms with Gasteiger partial charge >= 0.3 is 5.97 Å². The minimum atomic E-state index is -0.573. The summed E-state index contributed by atoms with van der Waals surface area (Å²) in [5, 5.41) is 9.52. The lowest BCUT2D eigenvalue weighted by Crippen LogP contribution is -2.31. The molecule has 4 atom stereocenters. The van der Waals surface area contributed by atoms with E-state index in [0.717, 1.165) is 25.7 Å². The normalized spacial score (nSPS) is 32.4. The maximum absolute atomic E-state index is 11.6. The predicted octanol–water partition coefficient (Wildman–Crippen LogP) is 4.63. The number of hydrogen-bond donors (Lipinski definition) is 1. The lowest BCUT2D eigenvalue weighted by molar-refractivity contribution is -0.145. The van der Waals surface area contributed by atoms with Crippen molar-refractivity contribution >= 4 is 5.97 Å². The Balaban J connectivity index is 1.77. The Bertz CT molecular complexity index is 508. The van der Waals surface area contributed by atoms with E-state index in [-0.39, 0.29) is 5.92 Å². The highest BCUT2D eigenvalue weighted by molar-refractivity contribution is 5.70. The van der Waals surface area contributed by atoms with Gasteiger partial charge < -0.3 is 5.11 Å². The van der Waals surface area contributed by atoms with Gasteiger partial charge in [0.1, 0.15) is 0 Å². The summed E-state index contributed by atoms with van der Waals surface area (Å²) in [4.78, 5) is 11.6. The van der Waals surface area contributed by atoms with Crippen molar-refractivity contribution < 1.29 is 9.90 Å². The largest absolute Gasteiger partial charge is 0.481 e. The molecule has 1 aromatic rings. The van der Waals surface area contributed by atoms with Crippen molar-refractivity contribution in [3.8, 4) is 0 Å². The van der Waals surface area contributed by atoms with Crippen LogP contribution in [0.3, 0.4) is 0 Å². The lowest BCUT2D eigenvalue weighted by Gasteiger charge is -2.36. The Kier molecular flexibility index (Phi) is 4.32. The summed E-state index contributed by atoms with van der Waals surface area (Å²) in [6.07, 6.45) is 7.78. The van der Waals surface area contributed by atoms with E-state index >= 15 is 0 Å². The number of aryl methyl sites for hydroxylation is 1. The zero-order valence-corrected chi connectivity index (χ0v) is 12.9. The Hall–Kier alpha value is -1.31. The third-order valence-corrected chi connectivity index (χ3v) is 5.64. The molecule has 0 heterocycles. The molecule has 0 radical (unpaired) electrons. The Morgan fingerprint density at radius 2 is 2.05 bits per heavy atom. The number of aliphatic carboxylic acids is 1. The molecular formula is C19H26O2. The number of benzene rings is 1. The van der Waals surface area contributed by atoms with E-state index in [0.29, 0.717) is 17.8 Å². The molecule has 1 aromatic carbocycles. The molecular weight excluding hydrogens is 260 g/mol. The van der Waals surface area contributed by atoms with Crippen LogP contribution in [-0.2, 0) is 11.2 Å². The van der Waals surface area contributed by atoms with Gasteiger partial charge in [-0.1, -0.05) is 31.2 Å². The second kappa shape index (κ2) is 6.21. The van der Waals surface area contributed by atoms with E-state index in [2.05, 4.69) is 31.2 Å². The lowest BCUT2D eigenvalue weighted by atomic mass is 9.68. The summed E-state index contributed by atoms with van der Waals surface area (Å²) >= 11 is 0. The second-order valence-electron chi connectivity index (χ2n) is 7.15. The molecule has 2 heteroatoms. The van der Waals surface area contributed by atoms with Crippen LogP contribution in [0, 0.1) is 17.8 Å². The summed E-state index contributed by atoms with van der Waals surface area (Å²) in [5.41, 5.74) is 2.98. The van der Waals surface area contributed by atoms with E-state index in [4.69, 9.17) is 0 Å². The Morgan fingerprint density at radius 3 is 2.86 bits per heavy atom. The SMILES string of the molecule is CC1CCC(C(=O)O)C(CC2CCCc3ccccc32)C1. The van der Waals surface area contributed by atoms with Gasteiger partial charge in [0, 0.05) is 0 Å². The van der Waals surface area contributed by atoms with Gasteiger partial charge in [-0.3, -0.25) is 4.79 Å². The van der Waals surface area contributed by atoms with Crippen molar-refractivity contribution in [2.24, 2.45) is 17.8 Å². The fourth-order valence-electron chi connectivity index (χ4n) is 4.55. The van der Waals surface area contributed by atoms with Crippen LogP contribution in [0.15, 0.2) is 24.3 Å². The van der Waals surface area contributed by atoms with Crippen LogP contribution in [0.4, 0.5) is 0 Å². The number of carboxylic acid groups (broad SMARTS) is 1. The molecule has 0 spiro atoms. The first kappa shape index (κ1) is 14.6. The molecule has 3 rings (SSSR count). The fourth-order valence-corrected chi connectivity index (χ4v) is 4.55. The highest BCUT2D eigenvalue weighted by Gasteiger charge is 2.35. The van der Waals surface area contributed by atoms with Gasteiger partial charge in [-0.25, -0.2) is 0 Å². The van der Waals surface area contributed by atoms with Crippen LogP contribution < -0.4 is 0 Å². The number of rotatable bonds is 3. The van der Waals surface area contributed by atoms with Crippen LogP contribution in [0.1, 0.15) is 62.5 Å². The van der Waals surface area contributed by atoms with Crippen LogP contribution >= 0.6 is 0 Å². The van der Waals surface area contributed by atoms with E-state index in [9.17, 15) is 9.90 Å². The molecule has 0 amide bonds. The van der Waals surface area contributed by atoms with Gasteiger partial charge in [-0.15, -0.1) is 0 Å². The Morgan fingerprint density at radius 1 is 1.24 bits per heavy atom. The molecule has 1 saturated carbocycles. The third-order valence-electron chi connectivity index (χ3n) is 5.64. The van der Waals surface area contributed by atoms with Crippen molar-refractivity contribution in [1.82, 2.24) is 0 Å². The van der Waals surface area contributed by atoms with Gasteiger partial charge in [-0.2, -0.15) is 0 Å². The quantitative estimate of drug-likeness (QED) is 0.879. The smallest absolute Gasteiger partial charge is 0.306 e. The second-order valence-corrected chi connectivity index (χ2v) is 7.15. The highest BCUT2D eigenvalue weighted by Crippen LogP contribution is 2.43. The monoisotopic (exact) mass is 286 g/mol. The van der Waals surface area contributed by atoms with Crippen LogP contribution in [0.5, 0.6) is 0 Å². The fraction of sp³-hybridized carbons (Fsp3) is 0.632. The van der Waals surface area contributed by atoms with E-state index in [1.807, 2.05) is 0 Å². The van der Waals surface area contributed by atoms with Gasteiger partial charge in [0.25, 0.3) is 0 Å². The molecule has 2 aliphatic rings. The molecule has 114 valence electrons. The molecule has 4 unspecified atom stereocenters. The van der Waals surface area contributed by atoms with Gasteiger partial charge in [0.05, 0.1) is 5.92 Å². The third kappa shape index (κ3) is 3.14. The summed E-state index contributed by atoms with van der Waals surface area (Å²) in [6, 6.07) is 8.78. The zero-order chi connectivity index (χ0) is 14.8. The first-order valence-corrected chi connectivity index (χ1v) is 8.45. The van der Waals surface area contributed by atoms with Crippen LogP contribution in [0.2, 0.25) is 0 Å². The van der Waals surface area contributed by atoms with Gasteiger partial charge in [0.2, 0.25) is 0 Å². The number of carboxylic acids is 1. The van der Waals surface area contributed by atoms with E-state index in [1.165, 1.54) is 30.4 Å². The number of carbonyl (C=O) groups is 1. The number of fused-ring (bicyclic) bond motifs is 1. The highest BCUT2D eigenvalue weighted by atomic mass is 16.4. The minimum absolute atomic E-state index is 0.115. The van der Waals surface area contributed by atoms with Gasteiger partial charge in [0.15, 0.2) is 0 Å². The minimum Gasteiger partial charge on any atom is -0.481 e. The molecule has 1 fully saturated rings. The average molecular weight is 286 g/mol. The molecule has 0 aromatic heterocycles. The van der Waals surface area contributed by atoms with Crippen molar-refractivity contribution in [3.05, 3.63) is 35.4 Å². The summed E-state index contributed by atoms with van der Waals surface area (Å²) in [5.74, 6) is 0.935. The molecule has 0 aliphatic heterocycles. The van der Waals surface area contributed by atoms with Crippen molar-refractivity contribution in [2.75, 3.05) is 0 Å². The molecule has 2 aliphatic carbocycles. The summed E-state index contributed by atoms with van der Waals surface area (Å²) in [7, 11) is 0. The maximum atomic E-state index is 11.6. The van der Waals surface area contributed by atoms with Gasteiger partial charge in [-0.05, 0) is 73.8 Å². The molecule has 1 N–H and O–H groups in total. The van der Waals surface area contributed by atoms with E-state index in [1.54, 1.807) is 0 Å². The topological polar surface area (TPSA) is 37.3 Å². The summed E-state index contributed by atoms with van der Waals surface area (Å²) in [6.45, 7) is 2.28. The summed E-state index contributed by atoms with van der Waals surface area (Å²) < 4.78 is 0. The molecule has 0 bridgehead atoms. The molecule has 2 nitrogen and oxygen atoms in total. The first-order valence-electron chi connectivity index (χ1n) is 8.45. The molecule has 0 saturated heterocycles. The van der Waals surface area contributed by atoms with Crippen molar-refractivity contribution in [1.29, 1.82) is 0 Å². The predicted molar refractivity (Wildman–Crippen MR) is 84.4 cm³/mol. The Labute approximate surface area is 127 Å². The van der Waals surface area contributed by atoms with Crippen LogP contribution in [-0.4, -0.2) is 11.1 Å². The average Bonchev–Trinajstić information content (AvgIpc) is 2.47. The maximum Gasteiger partial charge on any atom is 0.306 e. The zero-order valence-electron chi connectivity index (χ0n) is 12.9. The van der Waals surface area contributed by atoms with Crippen molar-refractivity contribution in [2.45, 2.75) is 57.8 Å². The molecule has 21 heavy (non-hydrogen) atoms. The number of hydrogen-bond acceptors (Lipinski definition) is 1. The van der Waals surface area contributed by atoms with E-state index < -0.39 is 5.97 Å². The van der Waals surface area contributed by atoms with Crippen LogP contribution in [0.25, 0.3) is 0 Å². The standard InChI is InChI=1S/C19H26O2/c1-13-9-10-18(19(20)21)16(11-13)12-15-7-4-6-14-5-2-3-8-17(14)15/h2-3,5,8,13,15-16,18H,4,6-7,9-12H2,1H3,(H,20,21).